The number of hydrogen-bond donors (Lipinski definition) is 1. The largest absolute Gasteiger partial charge is 0.497 e. The first kappa shape index (κ1) is 19.6. The Balaban J connectivity index is 1.53. The van der Waals surface area contributed by atoms with Gasteiger partial charge >= 0.3 is 0 Å². The Hall–Kier alpha value is -2.16. The topological polar surface area (TPSA) is 64.1 Å². The lowest BCUT2D eigenvalue weighted by Crippen LogP contribution is -2.14. The van der Waals surface area contributed by atoms with Crippen LogP contribution in [0.5, 0.6) is 5.75 Å². The summed E-state index contributed by atoms with van der Waals surface area (Å²) in [5, 5.41) is 12.2. The highest BCUT2D eigenvalue weighted by molar-refractivity contribution is 7.99. The van der Waals surface area contributed by atoms with Crippen molar-refractivity contribution < 1.29 is 13.9 Å². The van der Waals surface area contributed by atoms with Gasteiger partial charge in [-0.05, 0) is 36.4 Å². The first-order chi connectivity index (χ1) is 13.1. The molecule has 1 heterocycles. The third kappa shape index (κ3) is 5.18. The lowest BCUT2D eigenvalue weighted by atomic mass is 10.2. The van der Waals surface area contributed by atoms with Crippen molar-refractivity contribution in [3.8, 4) is 16.3 Å². The predicted molar refractivity (Wildman–Crippen MR) is 108 cm³/mol. The third-order valence-corrected chi connectivity index (χ3v) is 5.75. The van der Waals surface area contributed by atoms with Crippen LogP contribution >= 0.6 is 34.7 Å². The van der Waals surface area contributed by atoms with E-state index in [1.807, 2.05) is 24.3 Å². The molecule has 140 valence electrons. The first-order valence-electron chi connectivity index (χ1n) is 7.85. The smallest absolute Gasteiger partial charge is 0.236 e. The molecule has 2 aromatic carbocycles. The van der Waals surface area contributed by atoms with E-state index in [9.17, 15) is 9.18 Å². The number of ether oxygens (including phenoxy) is 1. The van der Waals surface area contributed by atoms with E-state index < -0.39 is 0 Å². The molecule has 0 aliphatic rings. The van der Waals surface area contributed by atoms with Crippen molar-refractivity contribution >= 4 is 45.7 Å². The van der Waals surface area contributed by atoms with E-state index in [1.165, 1.54) is 29.2 Å². The van der Waals surface area contributed by atoms with Crippen LogP contribution in [0.25, 0.3) is 10.6 Å². The summed E-state index contributed by atoms with van der Waals surface area (Å²) in [5.74, 6) is 0.617. The molecule has 0 radical (unpaired) electrons. The molecule has 9 heteroatoms. The number of halogens is 2. The van der Waals surface area contributed by atoms with E-state index in [-0.39, 0.29) is 17.5 Å². The van der Waals surface area contributed by atoms with Gasteiger partial charge in [0.1, 0.15) is 16.6 Å². The van der Waals surface area contributed by atoms with Crippen LogP contribution in [0.15, 0.2) is 42.5 Å². The molecule has 1 amide bonds. The van der Waals surface area contributed by atoms with Crippen molar-refractivity contribution in [3.05, 3.63) is 58.9 Å². The molecule has 0 saturated carbocycles. The standard InChI is InChI=1S/C18H15ClFN3O2S2/c1-25-12-7-5-11(6-8-12)17-22-23-18(27-17)21-16(24)10-26-9-13-14(19)3-2-4-15(13)20/h2-8H,9-10H2,1H3,(H,21,23,24). The van der Waals surface area contributed by atoms with Gasteiger partial charge in [0.05, 0.1) is 12.9 Å². The van der Waals surface area contributed by atoms with Crippen molar-refractivity contribution in [1.82, 2.24) is 10.2 Å². The summed E-state index contributed by atoms with van der Waals surface area (Å²) in [6.45, 7) is 0. The average molecular weight is 424 g/mol. The summed E-state index contributed by atoms with van der Waals surface area (Å²) in [6.07, 6.45) is 0. The predicted octanol–water partition coefficient (Wildman–Crippen LogP) is 4.88. The zero-order valence-corrected chi connectivity index (χ0v) is 16.6. The molecule has 0 spiro atoms. The Labute approximate surface area is 168 Å². The number of carbonyl (C=O) groups is 1. The maximum Gasteiger partial charge on any atom is 0.236 e. The minimum absolute atomic E-state index is 0.155. The Morgan fingerprint density at radius 1 is 1.26 bits per heavy atom. The van der Waals surface area contributed by atoms with Crippen molar-refractivity contribution in [2.75, 3.05) is 18.2 Å². The monoisotopic (exact) mass is 423 g/mol. The van der Waals surface area contributed by atoms with E-state index in [0.717, 1.165) is 11.3 Å². The van der Waals surface area contributed by atoms with Crippen molar-refractivity contribution in [3.63, 3.8) is 0 Å². The Morgan fingerprint density at radius 2 is 2.04 bits per heavy atom. The van der Waals surface area contributed by atoms with Gasteiger partial charge in [-0.15, -0.1) is 22.0 Å². The van der Waals surface area contributed by atoms with Crippen LogP contribution in [-0.4, -0.2) is 29.0 Å². The zero-order chi connectivity index (χ0) is 19.2. The molecular weight excluding hydrogens is 409 g/mol. The molecule has 0 atom stereocenters. The number of carbonyl (C=O) groups excluding carboxylic acids is 1. The average Bonchev–Trinajstić information content (AvgIpc) is 3.12. The molecule has 5 nitrogen and oxygen atoms in total. The SMILES string of the molecule is COc1ccc(-c2nnc(NC(=O)CSCc3c(F)cccc3Cl)s2)cc1. The molecule has 0 aliphatic heterocycles. The summed E-state index contributed by atoms with van der Waals surface area (Å²) in [4.78, 5) is 12.1. The number of thioether (sulfide) groups is 1. The van der Waals surface area contributed by atoms with Gasteiger partial charge < -0.3 is 4.74 Å². The van der Waals surface area contributed by atoms with E-state index >= 15 is 0 Å². The number of benzene rings is 2. The van der Waals surface area contributed by atoms with Crippen LogP contribution in [0.4, 0.5) is 9.52 Å². The molecule has 27 heavy (non-hydrogen) atoms. The highest BCUT2D eigenvalue weighted by Gasteiger charge is 2.12. The second kappa shape index (κ2) is 9.16. The quantitative estimate of drug-likeness (QED) is 0.586. The maximum atomic E-state index is 13.7. The zero-order valence-electron chi connectivity index (χ0n) is 14.2. The normalized spacial score (nSPS) is 10.6. The highest BCUT2D eigenvalue weighted by atomic mass is 35.5. The molecule has 3 rings (SSSR count). The van der Waals surface area contributed by atoms with Gasteiger partial charge in [0.2, 0.25) is 11.0 Å². The summed E-state index contributed by atoms with van der Waals surface area (Å²) >= 11 is 8.53. The van der Waals surface area contributed by atoms with Gasteiger partial charge in [0.15, 0.2) is 0 Å². The van der Waals surface area contributed by atoms with Gasteiger partial charge in [-0.1, -0.05) is 29.0 Å². The summed E-state index contributed by atoms with van der Waals surface area (Å²) < 4.78 is 18.8. The van der Waals surface area contributed by atoms with Crippen LogP contribution in [0.1, 0.15) is 5.56 Å². The lowest BCUT2D eigenvalue weighted by molar-refractivity contribution is -0.113. The van der Waals surface area contributed by atoms with Crippen LogP contribution in [0.2, 0.25) is 5.02 Å². The molecule has 1 N–H and O–H groups in total. The van der Waals surface area contributed by atoms with Gasteiger partial charge in [0, 0.05) is 21.9 Å². The van der Waals surface area contributed by atoms with Gasteiger partial charge in [-0.25, -0.2) is 4.39 Å². The second-order valence-electron chi connectivity index (χ2n) is 5.38. The van der Waals surface area contributed by atoms with Gasteiger partial charge in [0.25, 0.3) is 0 Å². The summed E-state index contributed by atoms with van der Waals surface area (Å²) in [7, 11) is 1.60. The minimum Gasteiger partial charge on any atom is -0.497 e. The fourth-order valence-electron chi connectivity index (χ4n) is 2.20. The summed E-state index contributed by atoms with van der Waals surface area (Å²) in [6, 6.07) is 11.9. The number of anilines is 1. The maximum absolute atomic E-state index is 13.7. The molecule has 0 aliphatic carbocycles. The second-order valence-corrected chi connectivity index (χ2v) is 7.75. The minimum atomic E-state index is -0.372. The van der Waals surface area contributed by atoms with Crippen LogP contribution in [0.3, 0.4) is 0 Å². The molecule has 0 fully saturated rings. The molecule has 0 unspecified atom stereocenters. The number of hydrogen-bond acceptors (Lipinski definition) is 6. The number of amides is 1. The van der Waals surface area contributed by atoms with E-state index in [0.29, 0.717) is 26.5 Å². The fraction of sp³-hybridized carbons (Fsp3) is 0.167. The Bertz CT molecular complexity index is 914. The molecule has 0 bridgehead atoms. The van der Waals surface area contributed by atoms with Crippen LogP contribution in [0, 0.1) is 5.82 Å². The van der Waals surface area contributed by atoms with Crippen LogP contribution < -0.4 is 10.1 Å². The fourth-order valence-corrected chi connectivity index (χ4v) is 4.13. The molecular formula is C18H15ClFN3O2S2. The van der Waals surface area contributed by atoms with E-state index in [4.69, 9.17) is 16.3 Å². The number of methoxy groups -OCH3 is 1. The van der Waals surface area contributed by atoms with Crippen molar-refractivity contribution in [2.45, 2.75) is 5.75 Å². The Kier molecular flexibility index (Phi) is 6.65. The van der Waals surface area contributed by atoms with Crippen molar-refractivity contribution in [2.24, 2.45) is 0 Å². The molecule has 0 saturated heterocycles. The highest BCUT2D eigenvalue weighted by Crippen LogP contribution is 2.28. The van der Waals surface area contributed by atoms with Gasteiger partial charge in [-0.2, -0.15) is 0 Å². The summed E-state index contributed by atoms with van der Waals surface area (Å²) in [5.41, 5.74) is 1.28. The first-order valence-corrected chi connectivity index (χ1v) is 10.2. The van der Waals surface area contributed by atoms with Gasteiger partial charge in [-0.3, -0.25) is 10.1 Å². The van der Waals surface area contributed by atoms with Crippen molar-refractivity contribution in [1.29, 1.82) is 0 Å². The Morgan fingerprint density at radius 3 is 2.74 bits per heavy atom. The van der Waals surface area contributed by atoms with E-state index in [1.54, 1.807) is 19.2 Å². The third-order valence-electron chi connectivity index (χ3n) is 3.55. The van der Waals surface area contributed by atoms with E-state index in [2.05, 4.69) is 15.5 Å². The number of nitrogens with one attached hydrogen (secondary N) is 1. The number of aromatic nitrogens is 2. The molecule has 1 aromatic heterocycles. The van der Waals surface area contributed by atoms with Crippen LogP contribution in [-0.2, 0) is 10.5 Å². The molecule has 3 aromatic rings. The lowest BCUT2D eigenvalue weighted by Gasteiger charge is -2.05. The number of nitrogens with zero attached hydrogens (tertiary/aromatic N) is 2. The number of rotatable bonds is 7.